The summed E-state index contributed by atoms with van der Waals surface area (Å²) in [7, 11) is -3.21. The second-order valence-electron chi connectivity index (χ2n) is 5.30. The summed E-state index contributed by atoms with van der Waals surface area (Å²) in [5, 5.41) is 2.76. The van der Waals surface area contributed by atoms with Crippen molar-refractivity contribution < 1.29 is 17.6 Å². The molecule has 1 fully saturated rings. The Hall–Kier alpha value is -1.80. The number of carbonyl (C=O) groups is 1. The van der Waals surface area contributed by atoms with Crippen molar-refractivity contribution in [2.24, 2.45) is 0 Å². The highest BCUT2D eigenvalue weighted by atomic mass is 79.9. The maximum atomic E-state index is 12.1. The lowest BCUT2D eigenvalue weighted by molar-refractivity contribution is 0.0995. The average molecular weight is 399 g/mol. The molecule has 0 spiro atoms. The summed E-state index contributed by atoms with van der Waals surface area (Å²) in [5.41, 5.74) is 2.02. The Balaban J connectivity index is 1.81. The molecule has 1 amide bonds. The second-order valence-corrected chi connectivity index (χ2v) is 8.09. The number of amides is 1. The third kappa shape index (κ3) is 3.28. The number of hydrogen-bond donors (Lipinski definition) is 1. The Labute approximate surface area is 142 Å². The van der Waals surface area contributed by atoms with Gasteiger partial charge in [0.05, 0.1) is 11.4 Å². The van der Waals surface area contributed by atoms with Gasteiger partial charge in [0.1, 0.15) is 0 Å². The summed E-state index contributed by atoms with van der Waals surface area (Å²) in [5.74, 6) is 0.0144. The lowest BCUT2D eigenvalue weighted by atomic mass is 10.1. The van der Waals surface area contributed by atoms with E-state index in [4.69, 9.17) is 4.42 Å². The molecule has 1 aromatic heterocycles. The molecule has 2 heterocycles. The lowest BCUT2D eigenvalue weighted by Gasteiger charge is -2.18. The van der Waals surface area contributed by atoms with E-state index in [0.29, 0.717) is 29.0 Å². The molecule has 1 aliphatic rings. The van der Waals surface area contributed by atoms with Crippen LogP contribution in [0, 0.1) is 6.92 Å². The van der Waals surface area contributed by atoms with E-state index in [1.807, 2.05) is 6.92 Å². The molecule has 122 valence electrons. The van der Waals surface area contributed by atoms with E-state index in [0.717, 1.165) is 5.56 Å². The van der Waals surface area contributed by atoms with Crippen molar-refractivity contribution in [3.63, 3.8) is 0 Å². The molecule has 3 rings (SSSR count). The van der Waals surface area contributed by atoms with Crippen LogP contribution in [0.15, 0.2) is 39.4 Å². The Morgan fingerprint density at radius 2 is 2.09 bits per heavy atom. The zero-order valence-corrected chi connectivity index (χ0v) is 14.8. The minimum atomic E-state index is -3.21. The molecule has 1 N–H and O–H groups in total. The predicted molar refractivity (Wildman–Crippen MR) is 91.3 cm³/mol. The average Bonchev–Trinajstić information content (AvgIpc) is 3.06. The van der Waals surface area contributed by atoms with Crippen molar-refractivity contribution in [3.8, 4) is 0 Å². The highest BCUT2D eigenvalue weighted by Gasteiger charge is 2.28. The SMILES string of the molecule is Cc1cc(N2CCCS2(=O)=O)ccc1NC(=O)c1ccc(Br)o1. The van der Waals surface area contributed by atoms with Gasteiger partial charge in [0.2, 0.25) is 10.0 Å². The Morgan fingerprint density at radius 3 is 2.65 bits per heavy atom. The number of benzene rings is 1. The zero-order chi connectivity index (χ0) is 16.6. The fraction of sp³-hybridized carbons (Fsp3) is 0.267. The largest absolute Gasteiger partial charge is 0.444 e. The van der Waals surface area contributed by atoms with E-state index in [-0.39, 0.29) is 17.4 Å². The minimum absolute atomic E-state index is 0.178. The van der Waals surface area contributed by atoms with Gasteiger partial charge in [-0.2, -0.15) is 0 Å². The first kappa shape index (κ1) is 16.1. The van der Waals surface area contributed by atoms with E-state index < -0.39 is 10.0 Å². The first-order chi connectivity index (χ1) is 10.9. The molecular formula is C15H15BrN2O4S. The van der Waals surface area contributed by atoms with Crippen LogP contribution in [0.5, 0.6) is 0 Å². The van der Waals surface area contributed by atoms with Crippen LogP contribution in [0.1, 0.15) is 22.5 Å². The predicted octanol–water partition coefficient (Wildman–Crippen LogP) is 3.14. The van der Waals surface area contributed by atoms with Crippen molar-refractivity contribution in [1.82, 2.24) is 0 Å². The van der Waals surface area contributed by atoms with E-state index in [1.165, 1.54) is 4.31 Å². The lowest BCUT2D eigenvalue weighted by Crippen LogP contribution is -2.25. The number of sulfonamides is 1. The maximum absolute atomic E-state index is 12.1. The number of furan rings is 1. The first-order valence-electron chi connectivity index (χ1n) is 7.04. The van der Waals surface area contributed by atoms with Gasteiger partial charge in [-0.25, -0.2) is 8.42 Å². The standard InChI is InChI=1S/C15H15BrN2O4S/c1-10-9-11(18-7-2-8-23(18,20)21)3-4-12(10)17-15(19)13-5-6-14(16)22-13/h3-6,9H,2,7-8H2,1H3,(H,17,19). The molecule has 1 aliphatic heterocycles. The van der Waals surface area contributed by atoms with Gasteiger partial charge in [-0.1, -0.05) is 0 Å². The highest BCUT2D eigenvalue weighted by Crippen LogP contribution is 2.28. The molecule has 0 radical (unpaired) electrons. The van der Waals surface area contributed by atoms with Crippen molar-refractivity contribution in [3.05, 3.63) is 46.3 Å². The van der Waals surface area contributed by atoms with E-state index in [1.54, 1.807) is 30.3 Å². The minimum Gasteiger partial charge on any atom is -0.444 e. The molecule has 23 heavy (non-hydrogen) atoms. The molecule has 0 saturated carbocycles. The number of rotatable bonds is 3. The summed E-state index contributed by atoms with van der Waals surface area (Å²) >= 11 is 3.15. The molecule has 2 aromatic rings. The zero-order valence-electron chi connectivity index (χ0n) is 12.4. The third-order valence-corrected chi connectivity index (χ3v) is 5.94. The Kier molecular flexibility index (Phi) is 4.20. The highest BCUT2D eigenvalue weighted by molar-refractivity contribution is 9.10. The summed E-state index contributed by atoms with van der Waals surface area (Å²) in [6.45, 7) is 2.31. The van der Waals surface area contributed by atoms with Crippen LogP contribution in [-0.4, -0.2) is 26.6 Å². The van der Waals surface area contributed by atoms with Crippen molar-refractivity contribution >= 4 is 43.2 Å². The summed E-state index contributed by atoms with van der Waals surface area (Å²) < 4.78 is 31.0. The third-order valence-electron chi connectivity index (χ3n) is 3.64. The van der Waals surface area contributed by atoms with Crippen LogP contribution < -0.4 is 9.62 Å². The van der Waals surface area contributed by atoms with E-state index in [2.05, 4.69) is 21.2 Å². The van der Waals surface area contributed by atoms with Crippen LogP contribution in [0.25, 0.3) is 0 Å². The van der Waals surface area contributed by atoms with Crippen molar-refractivity contribution in [2.45, 2.75) is 13.3 Å². The van der Waals surface area contributed by atoms with E-state index >= 15 is 0 Å². The van der Waals surface area contributed by atoms with Crippen molar-refractivity contribution in [1.29, 1.82) is 0 Å². The fourth-order valence-electron chi connectivity index (χ4n) is 2.49. The smallest absolute Gasteiger partial charge is 0.291 e. The van der Waals surface area contributed by atoms with Gasteiger partial charge in [0.15, 0.2) is 10.4 Å². The van der Waals surface area contributed by atoms with Crippen LogP contribution >= 0.6 is 15.9 Å². The number of hydrogen-bond acceptors (Lipinski definition) is 4. The molecule has 0 aliphatic carbocycles. The second kappa shape index (κ2) is 6.01. The van der Waals surface area contributed by atoms with Gasteiger partial charge in [-0.3, -0.25) is 9.10 Å². The quantitative estimate of drug-likeness (QED) is 0.860. The van der Waals surface area contributed by atoms with Crippen molar-refractivity contribution in [2.75, 3.05) is 21.9 Å². The number of nitrogens with zero attached hydrogens (tertiary/aromatic N) is 1. The fourth-order valence-corrected chi connectivity index (χ4v) is 4.36. The maximum Gasteiger partial charge on any atom is 0.291 e. The molecule has 0 unspecified atom stereocenters. The normalized spacial score (nSPS) is 16.5. The molecule has 0 atom stereocenters. The van der Waals surface area contributed by atoms with Gasteiger partial charge >= 0.3 is 0 Å². The van der Waals surface area contributed by atoms with Crippen LogP contribution in [0.2, 0.25) is 0 Å². The molecule has 6 nitrogen and oxygen atoms in total. The van der Waals surface area contributed by atoms with Crippen LogP contribution in [-0.2, 0) is 10.0 Å². The molecular weight excluding hydrogens is 384 g/mol. The van der Waals surface area contributed by atoms with Crippen LogP contribution in [0.4, 0.5) is 11.4 Å². The number of anilines is 2. The Bertz CT molecular complexity index is 860. The molecule has 1 aromatic carbocycles. The molecule has 8 heteroatoms. The van der Waals surface area contributed by atoms with Gasteiger partial charge < -0.3 is 9.73 Å². The topological polar surface area (TPSA) is 79.6 Å². The Morgan fingerprint density at radius 1 is 1.30 bits per heavy atom. The van der Waals surface area contributed by atoms with Crippen LogP contribution in [0.3, 0.4) is 0 Å². The summed E-state index contributed by atoms with van der Waals surface area (Å²) in [4.78, 5) is 12.1. The van der Waals surface area contributed by atoms with Gasteiger partial charge in [0.25, 0.3) is 5.91 Å². The van der Waals surface area contributed by atoms with Gasteiger partial charge in [-0.15, -0.1) is 0 Å². The van der Waals surface area contributed by atoms with E-state index in [9.17, 15) is 13.2 Å². The molecule has 1 saturated heterocycles. The summed E-state index contributed by atoms with van der Waals surface area (Å²) in [6, 6.07) is 8.37. The summed E-state index contributed by atoms with van der Waals surface area (Å²) in [6.07, 6.45) is 0.632. The molecule has 0 bridgehead atoms. The first-order valence-corrected chi connectivity index (χ1v) is 9.45. The number of aryl methyl sites for hydroxylation is 1. The number of carbonyl (C=O) groups excluding carboxylic acids is 1. The van der Waals surface area contributed by atoms with Gasteiger partial charge in [0, 0.05) is 12.2 Å². The number of halogens is 1. The monoisotopic (exact) mass is 398 g/mol. The van der Waals surface area contributed by atoms with Gasteiger partial charge in [-0.05, 0) is 65.2 Å². The number of nitrogens with one attached hydrogen (secondary N) is 1.